The second kappa shape index (κ2) is 6.96. The van der Waals surface area contributed by atoms with Gasteiger partial charge in [-0.05, 0) is 43.2 Å². The van der Waals surface area contributed by atoms with E-state index in [2.05, 4.69) is 49.2 Å². The summed E-state index contributed by atoms with van der Waals surface area (Å²) in [6.07, 6.45) is 8.52. The number of pyridine rings is 1. The molecule has 3 nitrogen and oxygen atoms in total. The van der Waals surface area contributed by atoms with Crippen LogP contribution in [-0.2, 0) is 0 Å². The van der Waals surface area contributed by atoms with Crippen molar-refractivity contribution in [3.05, 3.63) is 18.3 Å². The topological polar surface area (TPSA) is 28.2 Å². The van der Waals surface area contributed by atoms with E-state index in [1.807, 2.05) is 12.3 Å². The SMILES string of the molecule is CC(C)C1CCCC(Nc2cccnc2N(C)C)CC1. The molecule has 20 heavy (non-hydrogen) atoms. The molecule has 1 N–H and O–H groups in total. The first kappa shape index (κ1) is 15.1. The molecule has 0 aromatic carbocycles. The van der Waals surface area contributed by atoms with Crippen LogP contribution in [-0.4, -0.2) is 25.1 Å². The van der Waals surface area contributed by atoms with E-state index in [0.717, 1.165) is 17.7 Å². The van der Waals surface area contributed by atoms with Gasteiger partial charge in [-0.1, -0.05) is 26.7 Å². The first-order valence-electron chi connectivity index (χ1n) is 7.96. The number of aromatic nitrogens is 1. The lowest BCUT2D eigenvalue weighted by Crippen LogP contribution is -2.21. The molecule has 3 heteroatoms. The van der Waals surface area contributed by atoms with E-state index in [1.54, 1.807) is 0 Å². The normalized spacial score (nSPS) is 23.4. The smallest absolute Gasteiger partial charge is 0.151 e. The van der Waals surface area contributed by atoms with Crippen LogP contribution in [0.2, 0.25) is 0 Å². The van der Waals surface area contributed by atoms with E-state index >= 15 is 0 Å². The van der Waals surface area contributed by atoms with Gasteiger partial charge in [-0.15, -0.1) is 0 Å². The molecule has 0 amide bonds. The Bertz CT molecular complexity index is 414. The number of hydrogen-bond donors (Lipinski definition) is 1. The second-order valence-electron chi connectivity index (χ2n) is 6.62. The fourth-order valence-electron chi connectivity index (χ4n) is 3.23. The van der Waals surface area contributed by atoms with Crippen molar-refractivity contribution < 1.29 is 0 Å². The highest BCUT2D eigenvalue weighted by Gasteiger charge is 2.21. The van der Waals surface area contributed by atoms with Crippen LogP contribution in [0.5, 0.6) is 0 Å². The van der Waals surface area contributed by atoms with Crippen LogP contribution >= 0.6 is 0 Å². The van der Waals surface area contributed by atoms with Crippen LogP contribution in [0.25, 0.3) is 0 Å². The number of hydrogen-bond acceptors (Lipinski definition) is 3. The highest BCUT2D eigenvalue weighted by atomic mass is 15.2. The Labute approximate surface area is 123 Å². The molecule has 2 rings (SSSR count). The van der Waals surface area contributed by atoms with Crippen molar-refractivity contribution >= 4 is 11.5 Å². The van der Waals surface area contributed by atoms with Crippen LogP contribution in [0, 0.1) is 11.8 Å². The molecule has 0 radical (unpaired) electrons. The maximum atomic E-state index is 4.47. The number of nitrogens with zero attached hydrogens (tertiary/aromatic N) is 2. The van der Waals surface area contributed by atoms with Crippen molar-refractivity contribution in [2.75, 3.05) is 24.3 Å². The van der Waals surface area contributed by atoms with Gasteiger partial charge in [0.25, 0.3) is 0 Å². The molecule has 1 aliphatic rings. The molecule has 1 fully saturated rings. The van der Waals surface area contributed by atoms with E-state index < -0.39 is 0 Å². The van der Waals surface area contributed by atoms with Gasteiger partial charge in [0.1, 0.15) is 0 Å². The fourth-order valence-corrected chi connectivity index (χ4v) is 3.23. The molecule has 112 valence electrons. The predicted molar refractivity (Wildman–Crippen MR) is 87.4 cm³/mol. The largest absolute Gasteiger partial charge is 0.379 e. The van der Waals surface area contributed by atoms with E-state index in [1.165, 1.54) is 37.8 Å². The molecule has 1 heterocycles. The molecule has 2 unspecified atom stereocenters. The lowest BCUT2D eigenvalue weighted by Gasteiger charge is -2.22. The summed E-state index contributed by atoms with van der Waals surface area (Å²) in [6, 6.07) is 4.76. The zero-order valence-corrected chi connectivity index (χ0v) is 13.4. The molecule has 1 aromatic heterocycles. The third kappa shape index (κ3) is 3.87. The molecule has 0 saturated heterocycles. The third-order valence-corrected chi connectivity index (χ3v) is 4.53. The Kier molecular flexibility index (Phi) is 5.27. The van der Waals surface area contributed by atoms with E-state index in [-0.39, 0.29) is 0 Å². The van der Waals surface area contributed by atoms with Crippen LogP contribution in [0.15, 0.2) is 18.3 Å². The van der Waals surface area contributed by atoms with Gasteiger partial charge in [0, 0.05) is 26.3 Å². The Morgan fingerprint density at radius 3 is 2.70 bits per heavy atom. The van der Waals surface area contributed by atoms with Gasteiger partial charge in [-0.3, -0.25) is 0 Å². The summed E-state index contributed by atoms with van der Waals surface area (Å²) in [7, 11) is 4.10. The van der Waals surface area contributed by atoms with Crippen LogP contribution < -0.4 is 10.2 Å². The van der Waals surface area contributed by atoms with Crippen molar-refractivity contribution in [2.45, 2.75) is 52.0 Å². The quantitative estimate of drug-likeness (QED) is 0.836. The van der Waals surface area contributed by atoms with Gasteiger partial charge in [-0.2, -0.15) is 0 Å². The van der Waals surface area contributed by atoms with Gasteiger partial charge in [0.05, 0.1) is 5.69 Å². The lowest BCUT2D eigenvalue weighted by molar-refractivity contribution is 0.341. The molecular weight excluding hydrogens is 246 g/mol. The molecule has 1 aliphatic carbocycles. The summed E-state index contributed by atoms with van der Waals surface area (Å²) >= 11 is 0. The Hall–Kier alpha value is -1.25. The average Bonchev–Trinajstić information content (AvgIpc) is 2.65. The summed E-state index contributed by atoms with van der Waals surface area (Å²) in [5.41, 5.74) is 1.17. The molecule has 0 aliphatic heterocycles. The summed E-state index contributed by atoms with van der Waals surface area (Å²) in [5.74, 6) is 2.77. The number of rotatable bonds is 4. The molecule has 1 aromatic rings. The second-order valence-corrected chi connectivity index (χ2v) is 6.62. The van der Waals surface area contributed by atoms with E-state index in [0.29, 0.717) is 6.04 Å². The summed E-state index contributed by atoms with van der Waals surface area (Å²) in [6.45, 7) is 4.73. The van der Waals surface area contributed by atoms with Crippen molar-refractivity contribution in [3.8, 4) is 0 Å². The maximum absolute atomic E-state index is 4.47. The monoisotopic (exact) mass is 275 g/mol. The molecule has 0 bridgehead atoms. The lowest BCUT2D eigenvalue weighted by atomic mass is 9.89. The third-order valence-electron chi connectivity index (χ3n) is 4.53. The Morgan fingerprint density at radius 2 is 2.00 bits per heavy atom. The number of anilines is 2. The van der Waals surface area contributed by atoms with Crippen LogP contribution in [0.3, 0.4) is 0 Å². The van der Waals surface area contributed by atoms with Crippen molar-refractivity contribution in [1.82, 2.24) is 4.98 Å². The standard InChI is InChI=1S/C17H29N3/c1-13(2)14-7-5-8-15(11-10-14)19-16-9-6-12-18-17(16)20(3)4/h6,9,12-15,19H,5,7-8,10-11H2,1-4H3. The minimum Gasteiger partial charge on any atom is -0.379 e. The van der Waals surface area contributed by atoms with Gasteiger partial charge in [0.15, 0.2) is 5.82 Å². The molecule has 0 spiro atoms. The highest BCUT2D eigenvalue weighted by Crippen LogP contribution is 2.31. The molecule has 1 saturated carbocycles. The predicted octanol–water partition coefficient (Wildman–Crippen LogP) is 4.16. The van der Waals surface area contributed by atoms with Crippen molar-refractivity contribution in [1.29, 1.82) is 0 Å². The van der Waals surface area contributed by atoms with Gasteiger partial charge in [-0.25, -0.2) is 4.98 Å². The first-order valence-corrected chi connectivity index (χ1v) is 7.96. The van der Waals surface area contributed by atoms with Gasteiger partial charge >= 0.3 is 0 Å². The summed E-state index contributed by atoms with van der Waals surface area (Å²) in [4.78, 5) is 6.55. The minimum absolute atomic E-state index is 0.599. The molecule has 2 atom stereocenters. The Balaban J connectivity index is 2.00. The molecular formula is C17H29N3. The van der Waals surface area contributed by atoms with Crippen LogP contribution in [0.4, 0.5) is 11.5 Å². The highest BCUT2D eigenvalue weighted by molar-refractivity contribution is 5.65. The minimum atomic E-state index is 0.599. The zero-order valence-electron chi connectivity index (χ0n) is 13.4. The van der Waals surface area contributed by atoms with Crippen molar-refractivity contribution in [2.24, 2.45) is 11.8 Å². The number of nitrogens with one attached hydrogen (secondary N) is 1. The average molecular weight is 275 g/mol. The Morgan fingerprint density at radius 1 is 1.20 bits per heavy atom. The van der Waals surface area contributed by atoms with Crippen molar-refractivity contribution in [3.63, 3.8) is 0 Å². The van der Waals surface area contributed by atoms with Crippen LogP contribution in [0.1, 0.15) is 46.0 Å². The van der Waals surface area contributed by atoms with E-state index in [9.17, 15) is 0 Å². The van der Waals surface area contributed by atoms with E-state index in [4.69, 9.17) is 0 Å². The zero-order chi connectivity index (χ0) is 14.5. The summed E-state index contributed by atoms with van der Waals surface area (Å²) in [5, 5.41) is 3.73. The maximum Gasteiger partial charge on any atom is 0.151 e. The van der Waals surface area contributed by atoms with Gasteiger partial charge < -0.3 is 10.2 Å². The summed E-state index contributed by atoms with van der Waals surface area (Å²) < 4.78 is 0. The fraction of sp³-hybridized carbons (Fsp3) is 0.706. The van der Waals surface area contributed by atoms with Gasteiger partial charge in [0.2, 0.25) is 0 Å². The first-order chi connectivity index (χ1) is 9.58.